The first kappa shape index (κ1) is 16.4. The fourth-order valence-electron chi connectivity index (χ4n) is 2.18. The number of aromatic nitrogens is 1. The van der Waals surface area contributed by atoms with E-state index in [1.165, 1.54) is 24.3 Å². The van der Waals surface area contributed by atoms with E-state index in [-0.39, 0.29) is 18.1 Å². The summed E-state index contributed by atoms with van der Waals surface area (Å²) in [7, 11) is 0. The fourth-order valence-corrected chi connectivity index (χ4v) is 2.58. The largest absolute Gasteiger partial charge is 0.441 e. The summed E-state index contributed by atoms with van der Waals surface area (Å²) < 4.78 is 19.5. The van der Waals surface area contributed by atoms with Crippen molar-refractivity contribution in [3.8, 4) is 11.3 Å². The molecule has 0 saturated heterocycles. The highest BCUT2D eigenvalue weighted by Crippen LogP contribution is 2.24. The third-order valence-corrected chi connectivity index (χ3v) is 3.85. The Hall–Kier alpha value is -2.47. The van der Waals surface area contributed by atoms with E-state index in [1.54, 1.807) is 6.20 Å². The third kappa shape index (κ3) is 4.29. The SMILES string of the molecule is O=C(CCc1ncc(-c2cccc(Br)c2)o1)Nc1ccc(F)cc1. The zero-order valence-electron chi connectivity index (χ0n) is 12.6. The fraction of sp³-hybridized carbons (Fsp3) is 0.111. The molecule has 1 heterocycles. The van der Waals surface area contributed by atoms with Crippen LogP contribution in [-0.4, -0.2) is 10.9 Å². The van der Waals surface area contributed by atoms with Crippen LogP contribution in [0, 0.1) is 5.82 Å². The molecular formula is C18H14BrFN2O2. The predicted molar refractivity (Wildman–Crippen MR) is 93.0 cm³/mol. The molecule has 4 nitrogen and oxygen atoms in total. The lowest BCUT2D eigenvalue weighted by Gasteiger charge is -2.03. The Morgan fingerprint density at radius 1 is 1.21 bits per heavy atom. The molecule has 1 aromatic heterocycles. The smallest absolute Gasteiger partial charge is 0.224 e. The summed E-state index contributed by atoms with van der Waals surface area (Å²) in [6.07, 6.45) is 2.27. The van der Waals surface area contributed by atoms with Gasteiger partial charge in [0.15, 0.2) is 11.7 Å². The molecule has 1 amide bonds. The van der Waals surface area contributed by atoms with E-state index in [9.17, 15) is 9.18 Å². The van der Waals surface area contributed by atoms with Crippen LogP contribution in [0.15, 0.2) is 63.6 Å². The lowest BCUT2D eigenvalue weighted by Crippen LogP contribution is -2.12. The first-order valence-electron chi connectivity index (χ1n) is 7.36. The molecule has 3 rings (SSSR count). The number of nitrogens with one attached hydrogen (secondary N) is 1. The Balaban J connectivity index is 1.57. The molecule has 0 unspecified atom stereocenters. The number of benzene rings is 2. The monoisotopic (exact) mass is 388 g/mol. The molecular weight excluding hydrogens is 375 g/mol. The van der Waals surface area contributed by atoms with E-state index in [2.05, 4.69) is 26.2 Å². The van der Waals surface area contributed by atoms with Gasteiger partial charge in [-0.25, -0.2) is 9.37 Å². The average Bonchev–Trinajstić information content (AvgIpc) is 3.04. The number of oxazole rings is 1. The number of amides is 1. The predicted octanol–water partition coefficient (Wildman–Crippen LogP) is 4.81. The van der Waals surface area contributed by atoms with Gasteiger partial charge in [-0.1, -0.05) is 28.1 Å². The van der Waals surface area contributed by atoms with Crippen LogP contribution in [0.2, 0.25) is 0 Å². The molecule has 6 heteroatoms. The minimum Gasteiger partial charge on any atom is -0.441 e. The molecule has 0 fully saturated rings. The maximum Gasteiger partial charge on any atom is 0.224 e. The third-order valence-electron chi connectivity index (χ3n) is 3.36. The number of anilines is 1. The summed E-state index contributed by atoms with van der Waals surface area (Å²) in [5.74, 6) is 0.640. The minimum absolute atomic E-state index is 0.177. The topological polar surface area (TPSA) is 55.1 Å². The number of carbonyl (C=O) groups excluding carboxylic acids is 1. The molecule has 0 radical (unpaired) electrons. The van der Waals surface area contributed by atoms with Gasteiger partial charge in [-0.3, -0.25) is 4.79 Å². The van der Waals surface area contributed by atoms with Crippen molar-refractivity contribution < 1.29 is 13.6 Å². The molecule has 24 heavy (non-hydrogen) atoms. The van der Waals surface area contributed by atoms with Gasteiger partial charge in [0.25, 0.3) is 0 Å². The van der Waals surface area contributed by atoms with E-state index in [1.807, 2.05) is 24.3 Å². The van der Waals surface area contributed by atoms with Crippen LogP contribution in [0.5, 0.6) is 0 Å². The van der Waals surface area contributed by atoms with Crippen molar-refractivity contribution in [3.05, 3.63) is 70.9 Å². The highest BCUT2D eigenvalue weighted by Gasteiger charge is 2.09. The number of aryl methyl sites for hydroxylation is 1. The summed E-state index contributed by atoms with van der Waals surface area (Å²) in [5, 5.41) is 2.70. The Labute approximate surface area is 146 Å². The second kappa shape index (κ2) is 7.40. The highest BCUT2D eigenvalue weighted by molar-refractivity contribution is 9.10. The average molecular weight is 389 g/mol. The van der Waals surface area contributed by atoms with Gasteiger partial charge in [0.05, 0.1) is 6.20 Å². The minimum atomic E-state index is -0.340. The lowest BCUT2D eigenvalue weighted by atomic mass is 10.2. The van der Waals surface area contributed by atoms with Crippen molar-refractivity contribution in [3.63, 3.8) is 0 Å². The van der Waals surface area contributed by atoms with Crippen LogP contribution in [0.4, 0.5) is 10.1 Å². The zero-order valence-corrected chi connectivity index (χ0v) is 14.2. The van der Waals surface area contributed by atoms with Crippen molar-refractivity contribution in [1.29, 1.82) is 0 Å². The van der Waals surface area contributed by atoms with Gasteiger partial charge >= 0.3 is 0 Å². The molecule has 1 N–H and O–H groups in total. The Bertz CT molecular complexity index is 846. The van der Waals surface area contributed by atoms with Crippen LogP contribution in [0.1, 0.15) is 12.3 Å². The molecule has 0 aliphatic carbocycles. The molecule has 122 valence electrons. The van der Waals surface area contributed by atoms with Crippen molar-refractivity contribution in [2.75, 3.05) is 5.32 Å². The van der Waals surface area contributed by atoms with Crippen LogP contribution in [-0.2, 0) is 11.2 Å². The molecule has 0 aliphatic rings. The maximum atomic E-state index is 12.8. The molecule has 3 aromatic rings. The van der Waals surface area contributed by atoms with E-state index in [0.717, 1.165) is 10.0 Å². The van der Waals surface area contributed by atoms with Crippen molar-refractivity contribution >= 4 is 27.5 Å². The van der Waals surface area contributed by atoms with Crippen molar-refractivity contribution in [1.82, 2.24) is 4.98 Å². The highest BCUT2D eigenvalue weighted by atomic mass is 79.9. The lowest BCUT2D eigenvalue weighted by molar-refractivity contribution is -0.116. The molecule has 0 spiro atoms. The standard InChI is InChI=1S/C18H14BrFN2O2/c19-13-3-1-2-12(10-13)16-11-21-18(24-16)9-8-17(23)22-15-6-4-14(20)5-7-15/h1-7,10-11H,8-9H2,(H,22,23). The number of hydrogen-bond acceptors (Lipinski definition) is 3. The zero-order chi connectivity index (χ0) is 16.9. The quantitative estimate of drug-likeness (QED) is 0.681. The molecule has 2 aromatic carbocycles. The van der Waals surface area contributed by atoms with Gasteiger partial charge in [0.2, 0.25) is 5.91 Å². The summed E-state index contributed by atoms with van der Waals surface area (Å²) in [6.45, 7) is 0. The number of nitrogens with zero attached hydrogens (tertiary/aromatic N) is 1. The number of hydrogen-bond donors (Lipinski definition) is 1. The van der Waals surface area contributed by atoms with Crippen LogP contribution >= 0.6 is 15.9 Å². The maximum absolute atomic E-state index is 12.8. The number of carbonyl (C=O) groups is 1. The van der Waals surface area contributed by atoms with Crippen LogP contribution in [0.3, 0.4) is 0 Å². The van der Waals surface area contributed by atoms with E-state index in [4.69, 9.17) is 4.42 Å². The van der Waals surface area contributed by atoms with Crippen molar-refractivity contribution in [2.24, 2.45) is 0 Å². The van der Waals surface area contributed by atoms with Gasteiger partial charge < -0.3 is 9.73 Å². The van der Waals surface area contributed by atoms with E-state index >= 15 is 0 Å². The Morgan fingerprint density at radius 3 is 2.75 bits per heavy atom. The summed E-state index contributed by atoms with van der Waals surface area (Å²) in [5.41, 5.74) is 1.47. The Morgan fingerprint density at radius 2 is 2.00 bits per heavy atom. The van der Waals surface area contributed by atoms with Gasteiger partial charge in [0, 0.05) is 28.6 Å². The second-order valence-corrected chi connectivity index (χ2v) is 6.10. The molecule has 0 aliphatic heterocycles. The van der Waals surface area contributed by atoms with Gasteiger partial charge in [-0.05, 0) is 36.4 Å². The molecule has 0 atom stereocenters. The van der Waals surface area contributed by atoms with Crippen LogP contribution in [0.25, 0.3) is 11.3 Å². The van der Waals surface area contributed by atoms with E-state index in [0.29, 0.717) is 23.8 Å². The first-order chi connectivity index (χ1) is 11.6. The molecule has 0 bridgehead atoms. The normalized spacial score (nSPS) is 10.6. The van der Waals surface area contributed by atoms with Gasteiger partial charge in [-0.2, -0.15) is 0 Å². The summed E-state index contributed by atoms with van der Waals surface area (Å²) >= 11 is 3.41. The summed E-state index contributed by atoms with van der Waals surface area (Å²) in [4.78, 5) is 16.1. The summed E-state index contributed by atoms with van der Waals surface area (Å²) in [6, 6.07) is 13.3. The van der Waals surface area contributed by atoms with Crippen molar-refractivity contribution in [2.45, 2.75) is 12.8 Å². The number of halogens is 2. The van der Waals surface area contributed by atoms with E-state index < -0.39 is 0 Å². The molecule has 0 saturated carbocycles. The van der Waals surface area contributed by atoms with Gasteiger partial charge in [0.1, 0.15) is 5.82 Å². The van der Waals surface area contributed by atoms with Gasteiger partial charge in [-0.15, -0.1) is 0 Å². The number of rotatable bonds is 5. The first-order valence-corrected chi connectivity index (χ1v) is 8.15. The second-order valence-electron chi connectivity index (χ2n) is 5.18. The van der Waals surface area contributed by atoms with Crippen LogP contribution < -0.4 is 5.32 Å². The Kier molecular flexibility index (Phi) is 5.05.